The molecule has 0 bridgehead atoms. The number of benzene rings is 1. The molecule has 0 heterocycles. The molecule has 96 valence electrons. The number of rotatable bonds is 3. The summed E-state index contributed by atoms with van der Waals surface area (Å²) in [5.74, 6) is -0.466. The van der Waals surface area contributed by atoms with Gasteiger partial charge < -0.3 is 9.29 Å². The second-order valence-electron chi connectivity index (χ2n) is 3.23. The van der Waals surface area contributed by atoms with Crippen LogP contribution in [-0.2, 0) is 10.1 Å². The zero-order chi connectivity index (χ0) is 13.3. The molecule has 0 aliphatic carbocycles. The van der Waals surface area contributed by atoms with Crippen LogP contribution >= 0.6 is 0 Å². The predicted molar refractivity (Wildman–Crippen MR) is 52.7 cm³/mol. The standard InChI is InChI=1S/C9H9F3O4S/c1-6(13)7-2-4-8(5-3-7)16-17(14,15)9(10,11)12/h2-6,13H,1H3. The molecule has 0 fully saturated rings. The molecule has 1 unspecified atom stereocenters. The van der Waals surface area contributed by atoms with E-state index in [-0.39, 0.29) is 0 Å². The first-order valence-corrected chi connectivity index (χ1v) is 5.83. The van der Waals surface area contributed by atoms with Crippen molar-refractivity contribution in [1.82, 2.24) is 0 Å². The predicted octanol–water partition coefficient (Wildman–Crippen LogP) is 1.97. The minimum absolute atomic E-state index is 0.432. The van der Waals surface area contributed by atoms with Crippen molar-refractivity contribution in [1.29, 1.82) is 0 Å². The van der Waals surface area contributed by atoms with E-state index in [2.05, 4.69) is 4.18 Å². The Bertz CT molecular complexity index is 476. The molecule has 0 aliphatic rings. The van der Waals surface area contributed by atoms with Crippen molar-refractivity contribution in [3.05, 3.63) is 29.8 Å². The summed E-state index contributed by atoms with van der Waals surface area (Å²) in [5, 5.41) is 9.14. The quantitative estimate of drug-likeness (QED) is 0.673. The van der Waals surface area contributed by atoms with Crippen LogP contribution in [0, 0.1) is 0 Å². The molecule has 0 aromatic heterocycles. The highest BCUT2D eigenvalue weighted by Crippen LogP contribution is 2.27. The molecule has 0 saturated carbocycles. The fourth-order valence-electron chi connectivity index (χ4n) is 0.976. The SMILES string of the molecule is CC(O)c1ccc(OS(=O)(=O)C(F)(F)F)cc1. The van der Waals surface area contributed by atoms with Gasteiger partial charge in [0, 0.05) is 0 Å². The summed E-state index contributed by atoms with van der Waals surface area (Å²) in [6, 6.07) is 4.61. The minimum atomic E-state index is -5.65. The van der Waals surface area contributed by atoms with Crippen LogP contribution in [0.3, 0.4) is 0 Å². The van der Waals surface area contributed by atoms with Crippen LogP contribution in [0.5, 0.6) is 5.75 Å². The number of hydrogen-bond donors (Lipinski definition) is 1. The molecule has 0 radical (unpaired) electrons. The first-order valence-electron chi connectivity index (χ1n) is 4.42. The van der Waals surface area contributed by atoms with Crippen LogP contribution in [0.1, 0.15) is 18.6 Å². The van der Waals surface area contributed by atoms with Gasteiger partial charge in [0.1, 0.15) is 5.75 Å². The number of halogens is 3. The van der Waals surface area contributed by atoms with Gasteiger partial charge in [-0.05, 0) is 24.6 Å². The topological polar surface area (TPSA) is 63.6 Å². The van der Waals surface area contributed by atoms with E-state index < -0.39 is 27.5 Å². The largest absolute Gasteiger partial charge is 0.534 e. The molecule has 0 spiro atoms. The maximum absolute atomic E-state index is 12.0. The zero-order valence-electron chi connectivity index (χ0n) is 8.60. The van der Waals surface area contributed by atoms with E-state index in [0.717, 1.165) is 12.1 Å². The van der Waals surface area contributed by atoms with Gasteiger partial charge >= 0.3 is 15.6 Å². The van der Waals surface area contributed by atoms with E-state index in [1.54, 1.807) is 0 Å². The molecule has 1 atom stereocenters. The fourth-order valence-corrected chi connectivity index (χ4v) is 1.43. The van der Waals surface area contributed by atoms with E-state index in [1.807, 2.05) is 0 Å². The van der Waals surface area contributed by atoms with Crippen molar-refractivity contribution >= 4 is 10.1 Å². The summed E-state index contributed by atoms with van der Waals surface area (Å²) in [7, 11) is -5.65. The minimum Gasteiger partial charge on any atom is -0.389 e. The van der Waals surface area contributed by atoms with Crippen LogP contribution in [0.4, 0.5) is 13.2 Å². The van der Waals surface area contributed by atoms with Crippen LogP contribution in [0.15, 0.2) is 24.3 Å². The van der Waals surface area contributed by atoms with E-state index in [0.29, 0.717) is 5.56 Å². The fraction of sp³-hybridized carbons (Fsp3) is 0.333. The van der Waals surface area contributed by atoms with E-state index >= 15 is 0 Å². The van der Waals surface area contributed by atoms with Crippen molar-refractivity contribution in [2.24, 2.45) is 0 Å². The summed E-state index contributed by atoms with van der Waals surface area (Å²) >= 11 is 0. The summed E-state index contributed by atoms with van der Waals surface area (Å²) in [6.45, 7) is 1.46. The van der Waals surface area contributed by atoms with E-state index in [1.165, 1.54) is 19.1 Å². The normalized spacial score (nSPS) is 14.4. The lowest BCUT2D eigenvalue weighted by Gasteiger charge is -2.10. The third-order valence-corrected chi connectivity index (χ3v) is 2.83. The average molecular weight is 270 g/mol. The highest BCUT2D eigenvalue weighted by molar-refractivity contribution is 7.87. The molecule has 8 heteroatoms. The first kappa shape index (κ1) is 13.8. The first-order chi connectivity index (χ1) is 7.63. The maximum atomic E-state index is 12.0. The van der Waals surface area contributed by atoms with Crippen molar-refractivity contribution in [2.75, 3.05) is 0 Å². The van der Waals surface area contributed by atoms with Gasteiger partial charge in [0.2, 0.25) is 0 Å². The van der Waals surface area contributed by atoms with Gasteiger partial charge in [-0.25, -0.2) is 0 Å². The molecule has 4 nitrogen and oxygen atoms in total. The van der Waals surface area contributed by atoms with Crippen molar-refractivity contribution in [3.63, 3.8) is 0 Å². The Kier molecular flexibility index (Phi) is 3.68. The van der Waals surface area contributed by atoms with Gasteiger partial charge in [-0.3, -0.25) is 0 Å². The Balaban J connectivity index is 2.91. The number of hydrogen-bond acceptors (Lipinski definition) is 4. The summed E-state index contributed by atoms with van der Waals surface area (Å²) < 4.78 is 61.1. The molecular weight excluding hydrogens is 261 g/mol. The number of aliphatic hydroxyl groups excluding tert-OH is 1. The van der Waals surface area contributed by atoms with Crippen LogP contribution in [0.25, 0.3) is 0 Å². The Morgan fingerprint density at radius 2 is 1.71 bits per heavy atom. The van der Waals surface area contributed by atoms with Gasteiger partial charge in [0.05, 0.1) is 6.10 Å². The third-order valence-electron chi connectivity index (χ3n) is 1.85. The number of aliphatic hydroxyl groups is 1. The lowest BCUT2D eigenvalue weighted by molar-refractivity contribution is -0.0500. The Morgan fingerprint density at radius 3 is 2.06 bits per heavy atom. The third kappa shape index (κ3) is 3.34. The summed E-state index contributed by atoms with van der Waals surface area (Å²) in [6.07, 6.45) is -0.803. The van der Waals surface area contributed by atoms with E-state index in [4.69, 9.17) is 5.11 Å². The summed E-state index contributed by atoms with van der Waals surface area (Å²) in [4.78, 5) is 0. The molecule has 1 aromatic carbocycles. The Hall–Kier alpha value is -1.28. The molecule has 0 aliphatic heterocycles. The molecule has 17 heavy (non-hydrogen) atoms. The van der Waals surface area contributed by atoms with Crippen LogP contribution in [0.2, 0.25) is 0 Å². The lowest BCUT2D eigenvalue weighted by Crippen LogP contribution is -2.28. The molecule has 1 rings (SSSR count). The highest BCUT2D eigenvalue weighted by Gasteiger charge is 2.48. The molecule has 0 amide bonds. The van der Waals surface area contributed by atoms with Gasteiger partial charge in [0.15, 0.2) is 0 Å². The zero-order valence-corrected chi connectivity index (χ0v) is 9.42. The smallest absolute Gasteiger partial charge is 0.389 e. The average Bonchev–Trinajstić information content (AvgIpc) is 2.16. The highest BCUT2D eigenvalue weighted by atomic mass is 32.2. The number of alkyl halides is 3. The van der Waals surface area contributed by atoms with Crippen molar-refractivity contribution in [2.45, 2.75) is 18.5 Å². The maximum Gasteiger partial charge on any atom is 0.534 e. The second kappa shape index (κ2) is 4.53. The van der Waals surface area contributed by atoms with Crippen molar-refractivity contribution in [3.8, 4) is 5.75 Å². The van der Waals surface area contributed by atoms with Crippen LogP contribution in [-0.4, -0.2) is 19.0 Å². The molecule has 1 N–H and O–H groups in total. The molecular formula is C9H9F3O4S. The second-order valence-corrected chi connectivity index (χ2v) is 4.77. The molecule has 1 aromatic rings. The Labute approximate surface area is 95.8 Å². The Morgan fingerprint density at radius 1 is 1.24 bits per heavy atom. The van der Waals surface area contributed by atoms with Crippen LogP contribution < -0.4 is 4.18 Å². The van der Waals surface area contributed by atoms with Gasteiger partial charge in [-0.15, -0.1) is 0 Å². The monoisotopic (exact) mass is 270 g/mol. The van der Waals surface area contributed by atoms with Crippen molar-refractivity contribution < 1.29 is 30.9 Å². The van der Waals surface area contributed by atoms with Gasteiger partial charge in [0.25, 0.3) is 0 Å². The lowest BCUT2D eigenvalue weighted by atomic mass is 10.1. The molecule has 0 saturated heterocycles. The van der Waals surface area contributed by atoms with Gasteiger partial charge in [-0.2, -0.15) is 21.6 Å². The van der Waals surface area contributed by atoms with E-state index in [9.17, 15) is 21.6 Å². The van der Waals surface area contributed by atoms with Gasteiger partial charge in [-0.1, -0.05) is 12.1 Å². The summed E-state index contributed by atoms with van der Waals surface area (Å²) in [5.41, 5.74) is -5.03.